The highest BCUT2D eigenvalue weighted by atomic mass is 32.2. The van der Waals surface area contributed by atoms with Crippen molar-refractivity contribution in [1.29, 1.82) is 0 Å². The van der Waals surface area contributed by atoms with Crippen LogP contribution in [-0.4, -0.2) is 40.7 Å². The predicted octanol–water partition coefficient (Wildman–Crippen LogP) is 5.50. The maximum atomic E-state index is 13.4. The number of anilines is 1. The van der Waals surface area contributed by atoms with Crippen molar-refractivity contribution in [2.45, 2.75) is 77.1 Å². The van der Waals surface area contributed by atoms with Crippen molar-refractivity contribution >= 4 is 29.4 Å². The molecule has 29 heavy (non-hydrogen) atoms. The Bertz CT molecular complexity index is 698. The summed E-state index contributed by atoms with van der Waals surface area (Å²) in [6, 6.07) is 5.30. The van der Waals surface area contributed by atoms with Crippen LogP contribution in [0, 0.1) is 19.8 Å². The Morgan fingerprint density at radius 3 is 2.52 bits per heavy atom. The Morgan fingerprint density at radius 2 is 1.86 bits per heavy atom. The van der Waals surface area contributed by atoms with Crippen LogP contribution < -0.4 is 5.32 Å². The first kappa shape index (κ1) is 22.0. The fourth-order valence-corrected chi connectivity index (χ4v) is 5.97. The SMILES string of the molecule is CCCCOC(=O)[C@@H]1CS[C@H](C2CCCCC2)N1C(=O)Nc1c(C)cccc1C. The monoisotopic (exact) mass is 418 g/mol. The van der Waals surface area contributed by atoms with Gasteiger partial charge in [-0.25, -0.2) is 9.59 Å². The first-order valence-electron chi connectivity index (χ1n) is 11.0. The van der Waals surface area contributed by atoms with Crippen molar-refractivity contribution in [3.63, 3.8) is 0 Å². The number of para-hydroxylation sites is 1. The molecule has 0 radical (unpaired) electrons. The summed E-state index contributed by atoms with van der Waals surface area (Å²) in [7, 11) is 0. The summed E-state index contributed by atoms with van der Waals surface area (Å²) in [4.78, 5) is 28.0. The number of aryl methyl sites for hydroxylation is 2. The summed E-state index contributed by atoms with van der Waals surface area (Å²) in [6.07, 6.45) is 7.77. The topological polar surface area (TPSA) is 58.6 Å². The quantitative estimate of drug-likeness (QED) is 0.489. The number of carbonyl (C=O) groups excluding carboxylic acids is 2. The van der Waals surface area contributed by atoms with E-state index < -0.39 is 6.04 Å². The Labute approximate surface area is 178 Å². The van der Waals surface area contributed by atoms with Crippen molar-refractivity contribution < 1.29 is 14.3 Å². The molecule has 5 nitrogen and oxygen atoms in total. The van der Waals surface area contributed by atoms with Gasteiger partial charge >= 0.3 is 12.0 Å². The second-order valence-electron chi connectivity index (χ2n) is 8.26. The Hall–Kier alpha value is -1.69. The highest BCUT2D eigenvalue weighted by molar-refractivity contribution is 8.00. The second-order valence-corrected chi connectivity index (χ2v) is 9.41. The highest BCUT2D eigenvalue weighted by Crippen LogP contribution is 2.41. The van der Waals surface area contributed by atoms with Gasteiger partial charge in [0.15, 0.2) is 0 Å². The van der Waals surface area contributed by atoms with E-state index >= 15 is 0 Å². The molecule has 2 atom stereocenters. The molecular weight excluding hydrogens is 384 g/mol. The summed E-state index contributed by atoms with van der Waals surface area (Å²) in [5.41, 5.74) is 2.90. The van der Waals surface area contributed by atoms with Gasteiger partial charge in [-0.2, -0.15) is 0 Å². The van der Waals surface area contributed by atoms with Crippen molar-refractivity contribution in [3.8, 4) is 0 Å². The molecule has 1 aliphatic heterocycles. The van der Waals surface area contributed by atoms with Crippen molar-refractivity contribution in [1.82, 2.24) is 4.90 Å². The van der Waals surface area contributed by atoms with Gasteiger partial charge < -0.3 is 10.1 Å². The minimum absolute atomic E-state index is 0.0448. The highest BCUT2D eigenvalue weighted by Gasteiger charge is 2.45. The molecular formula is C23H34N2O3S. The lowest BCUT2D eigenvalue weighted by Gasteiger charge is -2.35. The van der Waals surface area contributed by atoms with Crippen LogP contribution in [0.2, 0.25) is 0 Å². The first-order chi connectivity index (χ1) is 14.0. The molecule has 6 heteroatoms. The lowest BCUT2D eigenvalue weighted by molar-refractivity contribution is -0.148. The Morgan fingerprint density at radius 1 is 1.17 bits per heavy atom. The van der Waals surface area contributed by atoms with E-state index in [0.717, 1.165) is 42.5 Å². The second kappa shape index (κ2) is 10.4. The van der Waals surface area contributed by atoms with Gasteiger partial charge in [0.25, 0.3) is 0 Å². The molecule has 0 bridgehead atoms. The zero-order valence-corrected chi connectivity index (χ0v) is 18.7. The van der Waals surface area contributed by atoms with Crippen molar-refractivity contribution in [2.24, 2.45) is 5.92 Å². The molecule has 2 fully saturated rings. The number of carbonyl (C=O) groups is 2. The fourth-order valence-electron chi connectivity index (χ4n) is 4.35. The number of urea groups is 1. The summed E-state index contributed by atoms with van der Waals surface area (Å²) in [6.45, 7) is 6.49. The third-order valence-corrected chi connectivity index (χ3v) is 7.51. The largest absolute Gasteiger partial charge is 0.464 e. The molecule has 0 spiro atoms. The molecule has 0 aromatic heterocycles. The van der Waals surface area contributed by atoms with Gasteiger partial charge in [-0.1, -0.05) is 50.8 Å². The Balaban J connectivity index is 1.80. The van der Waals surface area contributed by atoms with E-state index in [2.05, 4.69) is 12.2 Å². The maximum Gasteiger partial charge on any atom is 0.329 e. The lowest BCUT2D eigenvalue weighted by Crippen LogP contribution is -2.50. The molecule has 1 saturated carbocycles. The van der Waals surface area contributed by atoms with Crippen LogP contribution in [0.1, 0.15) is 63.0 Å². The number of benzene rings is 1. The smallest absolute Gasteiger partial charge is 0.329 e. The molecule has 1 aromatic carbocycles. The third kappa shape index (κ3) is 5.27. The van der Waals surface area contributed by atoms with E-state index in [0.29, 0.717) is 18.3 Å². The van der Waals surface area contributed by atoms with E-state index in [1.54, 1.807) is 16.7 Å². The normalized spacial score (nSPS) is 22.5. The number of unbranched alkanes of at least 4 members (excludes halogenated alkanes) is 1. The van der Waals surface area contributed by atoms with Crippen LogP contribution in [-0.2, 0) is 9.53 Å². The molecule has 2 amide bonds. The number of hydrogen-bond acceptors (Lipinski definition) is 4. The zero-order chi connectivity index (χ0) is 20.8. The molecule has 160 valence electrons. The van der Waals surface area contributed by atoms with Gasteiger partial charge in [0.1, 0.15) is 6.04 Å². The number of esters is 1. The van der Waals surface area contributed by atoms with Gasteiger partial charge in [0, 0.05) is 11.4 Å². The summed E-state index contributed by atoms with van der Waals surface area (Å²) < 4.78 is 5.51. The fraction of sp³-hybridized carbons (Fsp3) is 0.652. The van der Waals surface area contributed by atoms with Gasteiger partial charge in [0.05, 0.1) is 12.0 Å². The zero-order valence-electron chi connectivity index (χ0n) is 17.9. The van der Waals surface area contributed by atoms with Crippen LogP contribution in [0.15, 0.2) is 18.2 Å². The minimum atomic E-state index is -0.506. The summed E-state index contributed by atoms with van der Waals surface area (Å²) in [5.74, 6) is 0.804. The van der Waals surface area contributed by atoms with Crippen molar-refractivity contribution in [3.05, 3.63) is 29.3 Å². The van der Waals surface area contributed by atoms with Crippen LogP contribution in [0.3, 0.4) is 0 Å². The number of rotatable bonds is 6. The molecule has 3 rings (SSSR count). The van der Waals surface area contributed by atoms with Crippen LogP contribution in [0.5, 0.6) is 0 Å². The number of hydrogen-bond donors (Lipinski definition) is 1. The standard InChI is InChI=1S/C23H34N2O3S/c1-4-5-14-28-22(26)19-15-29-21(18-12-7-6-8-13-18)25(19)23(27)24-20-16(2)10-9-11-17(20)3/h9-11,18-19,21H,4-8,12-15H2,1-3H3,(H,24,27)/t19-,21+/m0/s1. The average molecular weight is 419 g/mol. The van der Waals surface area contributed by atoms with Gasteiger partial charge in [-0.3, -0.25) is 4.90 Å². The number of nitrogens with one attached hydrogen (secondary N) is 1. The molecule has 0 unspecified atom stereocenters. The van der Waals surface area contributed by atoms with Gasteiger partial charge in [-0.05, 0) is 50.2 Å². The molecule has 1 aliphatic carbocycles. The van der Waals surface area contributed by atoms with E-state index in [1.807, 2.05) is 32.0 Å². The van der Waals surface area contributed by atoms with E-state index in [4.69, 9.17) is 4.74 Å². The number of amides is 2. The molecule has 1 N–H and O–H groups in total. The van der Waals surface area contributed by atoms with Crippen LogP contribution >= 0.6 is 11.8 Å². The van der Waals surface area contributed by atoms with Gasteiger partial charge in [0.2, 0.25) is 0 Å². The Kier molecular flexibility index (Phi) is 7.87. The lowest BCUT2D eigenvalue weighted by atomic mass is 9.88. The number of nitrogens with zero attached hydrogens (tertiary/aromatic N) is 1. The van der Waals surface area contributed by atoms with Gasteiger partial charge in [-0.15, -0.1) is 11.8 Å². The predicted molar refractivity (Wildman–Crippen MR) is 119 cm³/mol. The minimum Gasteiger partial charge on any atom is -0.464 e. The van der Waals surface area contributed by atoms with E-state index in [9.17, 15) is 9.59 Å². The van der Waals surface area contributed by atoms with Crippen molar-refractivity contribution in [2.75, 3.05) is 17.7 Å². The van der Waals surface area contributed by atoms with E-state index in [-0.39, 0.29) is 17.4 Å². The molecule has 1 saturated heterocycles. The van der Waals surface area contributed by atoms with E-state index in [1.165, 1.54) is 19.3 Å². The number of thioether (sulfide) groups is 1. The maximum absolute atomic E-state index is 13.4. The molecule has 1 aromatic rings. The summed E-state index contributed by atoms with van der Waals surface area (Å²) >= 11 is 1.74. The molecule has 2 aliphatic rings. The van der Waals surface area contributed by atoms with Crippen LogP contribution in [0.4, 0.5) is 10.5 Å². The third-order valence-electron chi connectivity index (χ3n) is 6.05. The summed E-state index contributed by atoms with van der Waals surface area (Å²) in [5, 5.41) is 3.15. The first-order valence-corrected chi connectivity index (χ1v) is 12.0. The average Bonchev–Trinajstić information content (AvgIpc) is 3.17. The molecule has 1 heterocycles. The van der Waals surface area contributed by atoms with Crippen LogP contribution in [0.25, 0.3) is 0 Å². The number of ether oxygens (including phenoxy) is 1.